The van der Waals surface area contributed by atoms with Gasteiger partial charge in [-0.2, -0.15) is 4.98 Å². The van der Waals surface area contributed by atoms with E-state index in [2.05, 4.69) is 36.9 Å². The molecule has 1 aliphatic rings. The van der Waals surface area contributed by atoms with Crippen LogP contribution in [0.25, 0.3) is 11.6 Å². The van der Waals surface area contributed by atoms with Gasteiger partial charge in [0.15, 0.2) is 11.5 Å². The van der Waals surface area contributed by atoms with Gasteiger partial charge < -0.3 is 24.4 Å². The molecule has 11 heteroatoms. The zero-order chi connectivity index (χ0) is 21.6. The molecule has 0 saturated carbocycles. The fourth-order valence-corrected chi connectivity index (χ4v) is 3.48. The Balaban J connectivity index is 1.19. The maximum absolute atomic E-state index is 12.1. The minimum Gasteiger partial charge on any atom is -0.374 e. The number of nitrogens with zero attached hydrogens (tertiary/aromatic N) is 4. The van der Waals surface area contributed by atoms with E-state index < -0.39 is 0 Å². The molecular formula is C20H23ClN6O4. The SMILES string of the molecule is Cc1cc(-c2nc(CNC(=O)NC[C@H]3CN(Cc4cccc(Cl)c4)CCO3)no2)no1. The van der Waals surface area contributed by atoms with Crippen LogP contribution in [0.3, 0.4) is 0 Å². The van der Waals surface area contributed by atoms with Crippen molar-refractivity contribution >= 4 is 17.6 Å². The molecule has 2 aromatic heterocycles. The highest BCUT2D eigenvalue weighted by molar-refractivity contribution is 6.30. The van der Waals surface area contributed by atoms with Crippen LogP contribution in [0.4, 0.5) is 4.79 Å². The van der Waals surface area contributed by atoms with Crippen LogP contribution < -0.4 is 10.6 Å². The molecule has 3 heterocycles. The number of hydrogen-bond acceptors (Lipinski definition) is 8. The molecule has 10 nitrogen and oxygen atoms in total. The summed E-state index contributed by atoms with van der Waals surface area (Å²) < 4.78 is 15.9. The Bertz CT molecular complexity index is 1020. The van der Waals surface area contributed by atoms with Gasteiger partial charge in [0, 0.05) is 37.3 Å². The standard InChI is InChI=1S/C20H23ClN6O4/c1-13-7-17(25-30-13)19-24-18(26-31-19)10-23-20(28)22-9-16-12-27(5-6-29-16)11-14-3-2-4-15(21)8-14/h2-4,7-8,16H,5-6,9-12H2,1H3,(H2,22,23,28)/t16-/m0/s1. The molecule has 2 N–H and O–H groups in total. The van der Waals surface area contributed by atoms with Gasteiger partial charge in [0.05, 0.1) is 19.3 Å². The number of hydrogen-bond donors (Lipinski definition) is 2. The van der Waals surface area contributed by atoms with Crippen LogP contribution >= 0.6 is 11.6 Å². The highest BCUT2D eigenvalue weighted by Crippen LogP contribution is 2.16. The molecule has 0 unspecified atom stereocenters. The lowest BCUT2D eigenvalue weighted by molar-refractivity contribution is -0.0287. The van der Waals surface area contributed by atoms with Gasteiger partial charge in [-0.05, 0) is 24.6 Å². The Morgan fingerprint density at radius 3 is 2.97 bits per heavy atom. The smallest absolute Gasteiger partial charge is 0.315 e. The number of urea groups is 1. The molecule has 4 rings (SSSR count). The van der Waals surface area contributed by atoms with Gasteiger partial charge >= 0.3 is 6.03 Å². The third-order valence-electron chi connectivity index (χ3n) is 4.73. The van der Waals surface area contributed by atoms with Crippen molar-refractivity contribution in [2.24, 2.45) is 0 Å². The number of carbonyl (C=O) groups is 1. The second-order valence-corrected chi connectivity index (χ2v) is 7.70. The van der Waals surface area contributed by atoms with Gasteiger partial charge in [0.1, 0.15) is 5.76 Å². The van der Waals surface area contributed by atoms with Crippen LogP contribution in [-0.4, -0.2) is 58.6 Å². The van der Waals surface area contributed by atoms with E-state index in [1.807, 2.05) is 18.2 Å². The van der Waals surface area contributed by atoms with Crippen LogP contribution in [0.15, 0.2) is 39.4 Å². The van der Waals surface area contributed by atoms with Crippen molar-refractivity contribution in [1.29, 1.82) is 0 Å². The molecule has 0 spiro atoms. The van der Waals surface area contributed by atoms with Crippen molar-refractivity contribution in [2.75, 3.05) is 26.2 Å². The average Bonchev–Trinajstić information content (AvgIpc) is 3.40. The summed E-state index contributed by atoms with van der Waals surface area (Å²) in [6.45, 7) is 5.25. The topological polar surface area (TPSA) is 119 Å². The van der Waals surface area contributed by atoms with E-state index in [-0.39, 0.29) is 24.6 Å². The van der Waals surface area contributed by atoms with Gasteiger partial charge in [0.2, 0.25) is 0 Å². The van der Waals surface area contributed by atoms with E-state index in [1.54, 1.807) is 13.0 Å². The summed E-state index contributed by atoms with van der Waals surface area (Å²) in [5.74, 6) is 1.22. The lowest BCUT2D eigenvalue weighted by Gasteiger charge is -2.33. The molecule has 1 fully saturated rings. The van der Waals surface area contributed by atoms with Crippen LogP contribution in [-0.2, 0) is 17.8 Å². The minimum atomic E-state index is -0.334. The number of aryl methyl sites for hydroxylation is 1. The van der Waals surface area contributed by atoms with Crippen molar-refractivity contribution in [2.45, 2.75) is 26.1 Å². The molecule has 0 bridgehead atoms. The normalized spacial score (nSPS) is 16.9. The fraction of sp³-hybridized carbons (Fsp3) is 0.400. The zero-order valence-electron chi connectivity index (χ0n) is 17.0. The van der Waals surface area contributed by atoms with E-state index in [1.165, 1.54) is 0 Å². The number of benzene rings is 1. The second-order valence-electron chi connectivity index (χ2n) is 7.26. The van der Waals surface area contributed by atoms with E-state index in [0.717, 1.165) is 30.2 Å². The number of nitrogens with one attached hydrogen (secondary N) is 2. The molecule has 0 radical (unpaired) electrons. The molecule has 1 saturated heterocycles. The number of aromatic nitrogens is 3. The third kappa shape index (κ3) is 6.03. The van der Waals surface area contributed by atoms with Crippen molar-refractivity contribution < 1.29 is 18.6 Å². The van der Waals surface area contributed by atoms with Crippen LogP contribution in [0.5, 0.6) is 0 Å². The molecule has 1 atom stereocenters. The first-order chi connectivity index (χ1) is 15.0. The molecule has 3 aromatic rings. The lowest BCUT2D eigenvalue weighted by Crippen LogP contribution is -2.48. The monoisotopic (exact) mass is 446 g/mol. The van der Waals surface area contributed by atoms with E-state index in [4.69, 9.17) is 25.4 Å². The second kappa shape index (κ2) is 9.90. The zero-order valence-corrected chi connectivity index (χ0v) is 17.8. The molecule has 2 amide bonds. The van der Waals surface area contributed by atoms with Crippen molar-refractivity contribution in [1.82, 2.24) is 30.8 Å². The number of amides is 2. The summed E-state index contributed by atoms with van der Waals surface area (Å²) >= 11 is 6.06. The summed E-state index contributed by atoms with van der Waals surface area (Å²) in [6.07, 6.45) is -0.0918. The number of morpholine rings is 1. The first-order valence-electron chi connectivity index (χ1n) is 9.91. The maximum Gasteiger partial charge on any atom is 0.315 e. The van der Waals surface area contributed by atoms with Crippen LogP contribution in [0, 0.1) is 6.92 Å². The molecule has 0 aliphatic carbocycles. The number of halogens is 1. The number of ether oxygens (including phenoxy) is 1. The largest absolute Gasteiger partial charge is 0.374 e. The maximum atomic E-state index is 12.1. The van der Waals surface area contributed by atoms with E-state index in [0.29, 0.717) is 30.4 Å². The number of carbonyl (C=O) groups excluding carboxylic acids is 1. The Labute approximate surface area is 183 Å². The summed E-state index contributed by atoms with van der Waals surface area (Å²) in [4.78, 5) is 18.6. The summed E-state index contributed by atoms with van der Waals surface area (Å²) in [7, 11) is 0. The van der Waals surface area contributed by atoms with Crippen molar-refractivity contribution in [3.05, 3.63) is 52.5 Å². The summed E-state index contributed by atoms with van der Waals surface area (Å²) in [6, 6.07) is 9.18. The predicted molar refractivity (Wildman–Crippen MR) is 111 cm³/mol. The molecule has 31 heavy (non-hydrogen) atoms. The lowest BCUT2D eigenvalue weighted by atomic mass is 10.2. The summed E-state index contributed by atoms with van der Waals surface area (Å²) in [5, 5.41) is 13.9. The van der Waals surface area contributed by atoms with Crippen LogP contribution in [0.1, 0.15) is 17.1 Å². The third-order valence-corrected chi connectivity index (χ3v) is 4.97. The Kier molecular flexibility index (Phi) is 6.80. The number of rotatable bonds is 7. The minimum absolute atomic E-state index is 0.0918. The first kappa shape index (κ1) is 21.3. The first-order valence-corrected chi connectivity index (χ1v) is 10.3. The predicted octanol–water partition coefficient (Wildman–Crippen LogP) is 2.39. The van der Waals surface area contributed by atoms with Gasteiger partial charge in [-0.3, -0.25) is 4.90 Å². The van der Waals surface area contributed by atoms with Crippen LogP contribution in [0.2, 0.25) is 5.02 Å². The van der Waals surface area contributed by atoms with Gasteiger partial charge in [-0.15, -0.1) is 0 Å². The Hall–Kier alpha value is -2.95. The molecule has 1 aromatic carbocycles. The average molecular weight is 447 g/mol. The molecule has 1 aliphatic heterocycles. The molecule has 164 valence electrons. The van der Waals surface area contributed by atoms with E-state index >= 15 is 0 Å². The van der Waals surface area contributed by atoms with Gasteiger partial charge in [0.25, 0.3) is 5.89 Å². The fourth-order valence-electron chi connectivity index (χ4n) is 3.27. The Morgan fingerprint density at radius 1 is 1.26 bits per heavy atom. The van der Waals surface area contributed by atoms with Crippen molar-refractivity contribution in [3.63, 3.8) is 0 Å². The van der Waals surface area contributed by atoms with Crippen molar-refractivity contribution in [3.8, 4) is 11.6 Å². The van der Waals surface area contributed by atoms with E-state index in [9.17, 15) is 4.79 Å². The highest BCUT2D eigenvalue weighted by atomic mass is 35.5. The summed E-state index contributed by atoms with van der Waals surface area (Å²) in [5.41, 5.74) is 1.61. The highest BCUT2D eigenvalue weighted by Gasteiger charge is 2.21. The Morgan fingerprint density at radius 2 is 2.16 bits per heavy atom. The molecular weight excluding hydrogens is 424 g/mol. The van der Waals surface area contributed by atoms with Gasteiger partial charge in [-0.25, -0.2) is 4.79 Å². The quantitative estimate of drug-likeness (QED) is 0.567. The van der Waals surface area contributed by atoms with Gasteiger partial charge in [-0.1, -0.05) is 34.0 Å².